The minimum absolute atomic E-state index is 0.195. The summed E-state index contributed by atoms with van der Waals surface area (Å²) in [7, 11) is 0. The van der Waals surface area contributed by atoms with E-state index < -0.39 is 0 Å². The van der Waals surface area contributed by atoms with E-state index in [1.165, 1.54) is 12.8 Å². The fourth-order valence-corrected chi connectivity index (χ4v) is 3.07. The van der Waals surface area contributed by atoms with Crippen LogP contribution in [0, 0.1) is 17.8 Å². The first-order chi connectivity index (χ1) is 11.3. The summed E-state index contributed by atoms with van der Waals surface area (Å²) in [5, 5.41) is 0. The molecule has 0 spiro atoms. The second kappa shape index (κ2) is 5.93. The number of benzene rings is 2. The van der Waals surface area contributed by atoms with E-state index in [0.29, 0.717) is 0 Å². The summed E-state index contributed by atoms with van der Waals surface area (Å²) in [5.74, 6) is 7.32. The summed E-state index contributed by atoms with van der Waals surface area (Å²) < 4.78 is 0. The molecule has 1 aliphatic carbocycles. The van der Waals surface area contributed by atoms with E-state index in [9.17, 15) is 4.79 Å². The van der Waals surface area contributed by atoms with Crippen LogP contribution in [0.5, 0.6) is 0 Å². The van der Waals surface area contributed by atoms with Gasteiger partial charge in [0.15, 0.2) is 0 Å². The van der Waals surface area contributed by atoms with Crippen LogP contribution in [-0.4, -0.2) is 23.9 Å². The van der Waals surface area contributed by atoms with Crippen molar-refractivity contribution in [2.45, 2.75) is 19.3 Å². The van der Waals surface area contributed by atoms with Crippen molar-refractivity contribution in [3.05, 3.63) is 70.8 Å². The highest BCUT2D eigenvalue weighted by atomic mass is 16.2. The molecule has 0 N–H and O–H groups in total. The Labute approximate surface area is 137 Å². The van der Waals surface area contributed by atoms with E-state index in [-0.39, 0.29) is 5.91 Å². The van der Waals surface area contributed by atoms with Crippen LogP contribution in [-0.2, 0) is 6.42 Å². The van der Waals surface area contributed by atoms with Crippen molar-refractivity contribution in [3.8, 4) is 11.8 Å². The van der Waals surface area contributed by atoms with Gasteiger partial charge in [0.25, 0.3) is 5.91 Å². The molecular weight excluding hydrogens is 282 g/mol. The van der Waals surface area contributed by atoms with Gasteiger partial charge in [-0.3, -0.25) is 4.79 Å². The van der Waals surface area contributed by atoms with Gasteiger partial charge in [0.2, 0.25) is 0 Å². The first kappa shape index (κ1) is 14.1. The van der Waals surface area contributed by atoms with Gasteiger partial charge >= 0.3 is 0 Å². The Morgan fingerprint density at radius 2 is 1.78 bits per heavy atom. The fourth-order valence-electron chi connectivity index (χ4n) is 3.07. The van der Waals surface area contributed by atoms with Gasteiger partial charge in [0.05, 0.1) is 0 Å². The number of carbonyl (C=O) groups excluding carboxylic acids is 1. The Balaban J connectivity index is 1.55. The van der Waals surface area contributed by atoms with Crippen LogP contribution in [0.15, 0.2) is 48.5 Å². The van der Waals surface area contributed by atoms with Gasteiger partial charge in [-0.1, -0.05) is 30.0 Å². The summed E-state index contributed by atoms with van der Waals surface area (Å²) in [6.07, 6.45) is 3.50. The number of hydrogen-bond donors (Lipinski definition) is 0. The molecule has 1 saturated carbocycles. The van der Waals surface area contributed by atoms with E-state index >= 15 is 0 Å². The Morgan fingerprint density at radius 1 is 1.00 bits per heavy atom. The van der Waals surface area contributed by atoms with Gasteiger partial charge in [-0.2, -0.15) is 0 Å². The first-order valence-corrected chi connectivity index (χ1v) is 8.29. The third kappa shape index (κ3) is 3.14. The van der Waals surface area contributed by atoms with Gasteiger partial charge in [-0.05, 0) is 61.1 Å². The maximum Gasteiger partial charge on any atom is 0.254 e. The first-order valence-electron chi connectivity index (χ1n) is 8.29. The van der Waals surface area contributed by atoms with E-state index in [4.69, 9.17) is 0 Å². The summed E-state index contributed by atoms with van der Waals surface area (Å²) in [6, 6.07) is 16.0. The Kier molecular flexibility index (Phi) is 3.63. The predicted molar refractivity (Wildman–Crippen MR) is 91.2 cm³/mol. The molecule has 1 heterocycles. The van der Waals surface area contributed by atoms with E-state index in [1.807, 2.05) is 47.4 Å². The number of amides is 1. The molecule has 0 aromatic heterocycles. The van der Waals surface area contributed by atoms with Crippen molar-refractivity contribution >= 4 is 5.91 Å². The highest BCUT2D eigenvalue weighted by Gasteiger charge is 2.30. The minimum Gasteiger partial charge on any atom is -0.338 e. The second-order valence-corrected chi connectivity index (χ2v) is 6.43. The zero-order valence-corrected chi connectivity index (χ0v) is 13.1. The van der Waals surface area contributed by atoms with Gasteiger partial charge in [-0.15, -0.1) is 0 Å². The molecule has 2 aromatic carbocycles. The van der Waals surface area contributed by atoms with E-state index in [0.717, 1.165) is 47.7 Å². The lowest BCUT2D eigenvalue weighted by Gasteiger charge is -2.28. The zero-order valence-electron chi connectivity index (χ0n) is 13.1. The fraction of sp³-hybridized carbons (Fsp3) is 0.286. The maximum atomic E-state index is 12.6. The molecule has 0 saturated heterocycles. The summed E-state index contributed by atoms with van der Waals surface area (Å²) >= 11 is 0. The highest BCUT2D eigenvalue weighted by molar-refractivity contribution is 5.97. The molecular formula is C21H19NO. The molecule has 0 radical (unpaired) electrons. The molecule has 0 bridgehead atoms. The lowest BCUT2D eigenvalue weighted by atomic mass is 9.96. The van der Waals surface area contributed by atoms with Crippen molar-refractivity contribution in [1.29, 1.82) is 0 Å². The monoisotopic (exact) mass is 301 g/mol. The molecule has 2 heteroatoms. The third-order valence-corrected chi connectivity index (χ3v) is 4.57. The number of carbonyl (C=O) groups is 1. The van der Waals surface area contributed by atoms with E-state index in [1.54, 1.807) is 0 Å². The molecule has 2 aromatic rings. The van der Waals surface area contributed by atoms with Gasteiger partial charge in [0, 0.05) is 29.8 Å². The van der Waals surface area contributed by atoms with Crippen LogP contribution in [0.3, 0.4) is 0 Å². The summed E-state index contributed by atoms with van der Waals surface area (Å²) in [6.45, 7) is 1.78. The van der Waals surface area contributed by atoms with Crippen LogP contribution in [0.2, 0.25) is 0 Å². The van der Waals surface area contributed by atoms with Crippen LogP contribution in [0.25, 0.3) is 0 Å². The van der Waals surface area contributed by atoms with Crippen LogP contribution in [0.1, 0.15) is 39.9 Å². The van der Waals surface area contributed by atoms with Crippen molar-refractivity contribution in [2.75, 3.05) is 13.1 Å². The molecule has 1 aliphatic heterocycles. The smallest absolute Gasteiger partial charge is 0.254 e. The summed E-state index contributed by atoms with van der Waals surface area (Å²) in [5.41, 5.74) is 4.00. The van der Waals surface area contributed by atoms with Gasteiger partial charge in [-0.25, -0.2) is 0 Å². The Hall–Kier alpha value is -2.53. The van der Waals surface area contributed by atoms with Crippen molar-refractivity contribution in [1.82, 2.24) is 4.90 Å². The number of nitrogens with zero attached hydrogens (tertiary/aromatic N) is 1. The second-order valence-electron chi connectivity index (χ2n) is 6.43. The predicted octanol–water partition coefficient (Wildman–Crippen LogP) is 3.49. The molecule has 4 rings (SSSR count). The van der Waals surface area contributed by atoms with Crippen LogP contribution < -0.4 is 0 Å². The molecule has 2 aliphatic rings. The average Bonchev–Trinajstić information content (AvgIpc) is 3.41. The largest absolute Gasteiger partial charge is 0.338 e. The molecule has 1 amide bonds. The zero-order chi connectivity index (χ0) is 15.6. The Morgan fingerprint density at radius 3 is 2.57 bits per heavy atom. The molecule has 114 valence electrons. The number of fused-ring (bicyclic) bond motifs is 1. The lowest BCUT2D eigenvalue weighted by molar-refractivity contribution is 0.0732. The van der Waals surface area contributed by atoms with Crippen LogP contribution >= 0.6 is 0 Å². The molecule has 23 heavy (non-hydrogen) atoms. The SMILES string of the molecule is O=C1c2ccc(C#Cc3ccccc3)cc2CCN1CC1CC1. The minimum atomic E-state index is 0.195. The number of rotatable bonds is 2. The van der Waals surface area contributed by atoms with Crippen molar-refractivity contribution in [3.63, 3.8) is 0 Å². The average molecular weight is 301 g/mol. The molecule has 2 nitrogen and oxygen atoms in total. The summed E-state index contributed by atoms with van der Waals surface area (Å²) in [4.78, 5) is 14.6. The molecule has 0 unspecified atom stereocenters. The highest BCUT2D eigenvalue weighted by Crippen LogP contribution is 2.31. The molecule has 0 atom stereocenters. The topological polar surface area (TPSA) is 20.3 Å². The number of hydrogen-bond acceptors (Lipinski definition) is 1. The van der Waals surface area contributed by atoms with Crippen molar-refractivity contribution in [2.24, 2.45) is 5.92 Å². The normalized spacial score (nSPS) is 16.5. The maximum absolute atomic E-state index is 12.6. The molecule has 1 fully saturated rings. The van der Waals surface area contributed by atoms with Gasteiger partial charge in [0.1, 0.15) is 0 Å². The van der Waals surface area contributed by atoms with Crippen molar-refractivity contribution < 1.29 is 4.79 Å². The van der Waals surface area contributed by atoms with Crippen LogP contribution in [0.4, 0.5) is 0 Å². The lowest BCUT2D eigenvalue weighted by Crippen LogP contribution is -2.38. The Bertz CT molecular complexity index is 794. The van der Waals surface area contributed by atoms with Gasteiger partial charge < -0.3 is 4.90 Å². The standard InChI is InChI=1S/C21H19NO/c23-21-20-11-10-17(7-6-16-4-2-1-3-5-16)14-19(20)12-13-22(21)15-18-8-9-18/h1-5,10-11,14,18H,8-9,12-13,15H2. The third-order valence-electron chi connectivity index (χ3n) is 4.57. The quantitative estimate of drug-likeness (QED) is 0.778. The van der Waals surface area contributed by atoms with E-state index in [2.05, 4.69) is 17.9 Å².